The van der Waals surface area contributed by atoms with E-state index in [1.807, 2.05) is 35.8 Å². The molecule has 3 heterocycles. The smallest absolute Gasteiger partial charge is 0.193 e. The van der Waals surface area contributed by atoms with E-state index >= 15 is 0 Å². The topological polar surface area (TPSA) is 76.3 Å². The van der Waals surface area contributed by atoms with Crippen LogP contribution in [0, 0.1) is 0 Å². The van der Waals surface area contributed by atoms with Crippen molar-refractivity contribution in [1.82, 2.24) is 24.8 Å². The minimum atomic E-state index is 0.346. The van der Waals surface area contributed by atoms with Gasteiger partial charge in [0.15, 0.2) is 11.6 Å². The standard InChI is InChI=1S/C19H30N6O2/c1-20-19(24-12-8-16(9-13-24)27-15-5-14-26-2)21-10-7-18-23-22-17-6-3-4-11-25(17)18/h3-4,6,11,16H,5,7-10,12-15H2,1-2H3,(H,20,21). The number of nitrogens with one attached hydrogen (secondary N) is 1. The number of ether oxygens (including phenoxy) is 2. The highest BCUT2D eigenvalue weighted by molar-refractivity contribution is 5.79. The lowest BCUT2D eigenvalue weighted by atomic mass is 10.1. The van der Waals surface area contributed by atoms with E-state index in [4.69, 9.17) is 9.47 Å². The zero-order chi connectivity index (χ0) is 18.9. The highest BCUT2D eigenvalue weighted by Gasteiger charge is 2.21. The Labute approximate surface area is 160 Å². The van der Waals surface area contributed by atoms with E-state index < -0.39 is 0 Å². The molecule has 1 N–H and O–H groups in total. The molecule has 0 amide bonds. The number of hydrogen-bond acceptors (Lipinski definition) is 5. The van der Waals surface area contributed by atoms with Gasteiger partial charge in [-0.25, -0.2) is 0 Å². The van der Waals surface area contributed by atoms with Crippen LogP contribution in [0.3, 0.4) is 0 Å². The van der Waals surface area contributed by atoms with Gasteiger partial charge in [0, 0.05) is 59.6 Å². The van der Waals surface area contributed by atoms with E-state index in [0.717, 1.165) is 76.0 Å². The molecule has 2 aromatic heterocycles. The van der Waals surface area contributed by atoms with Gasteiger partial charge in [0.1, 0.15) is 5.82 Å². The third-order valence-corrected chi connectivity index (χ3v) is 4.82. The second-order valence-corrected chi connectivity index (χ2v) is 6.67. The summed E-state index contributed by atoms with van der Waals surface area (Å²) in [5.41, 5.74) is 0.879. The van der Waals surface area contributed by atoms with Gasteiger partial charge in [-0.1, -0.05) is 6.07 Å². The molecule has 148 valence electrons. The minimum Gasteiger partial charge on any atom is -0.385 e. The predicted octanol–water partition coefficient (Wildman–Crippen LogP) is 1.36. The summed E-state index contributed by atoms with van der Waals surface area (Å²) in [5.74, 6) is 1.90. The highest BCUT2D eigenvalue weighted by atomic mass is 16.5. The summed E-state index contributed by atoms with van der Waals surface area (Å²) in [7, 11) is 3.56. The Morgan fingerprint density at radius 3 is 2.89 bits per heavy atom. The molecule has 8 nitrogen and oxygen atoms in total. The second kappa shape index (κ2) is 10.2. The number of hydrogen-bond donors (Lipinski definition) is 1. The maximum atomic E-state index is 5.93. The van der Waals surface area contributed by atoms with Crippen LogP contribution < -0.4 is 5.32 Å². The molecule has 0 unspecified atom stereocenters. The van der Waals surface area contributed by atoms with Crippen molar-refractivity contribution in [1.29, 1.82) is 0 Å². The van der Waals surface area contributed by atoms with Gasteiger partial charge in [0.25, 0.3) is 0 Å². The minimum absolute atomic E-state index is 0.346. The van der Waals surface area contributed by atoms with Crippen LogP contribution in [0.15, 0.2) is 29.4 Å². The summed E-state index contributed by atoms with van der Waals surface area (Å²) in [6.45, 7) is 4.23. The molecule has 0 atom stereocenters. The van der Waals surface area contributed by atoms with Crippen LogP contribution in [-0.2, 0) is 15.9 Å². The van der Waals surface area contributed by atoms with Gasteiger partial charge in [-0.05, 0) is 31.4 Å². The largest absolute Gasteiger partial charge is 0.385 e. The molecule has 3 rings (SSSR count). The van der Waals surface area contributed by atoms with Gasteiger partial charge in [-0.3, -0.25) is 9.39 Å². The highest BCUT2D eigenvalue weighted by Crippen LogP contribution is 2.14. The van der Waals surface area contributed by atoms with Crippen LogP contribution in [0.25, 0.3) is 5.65 Å². The van der Waals surface area contributed by atoms with E-state index in [1.54, 1.807) is 7.11 Å². The summed E-state index contributed by atoms with van der Waals surface area (Å²) < 4.78 is 13.0. The van der Waals surface area contributed by atoms with E-state index in [0.29, 0.717) is 6.10 Å². The number of nitrogens with zero attached hydrogens (tertiary/aromatic N) is 5. The van der Waals surface area contributed by atoms with Crippen molar-refractivity contribution in [2.75, 3.05) is 47.0 Å². The number of aromatic nitrogens is 3. The molecule has 0 aromatic carbocycles. The van der Waals surface area contributed by atoms with Crippen molar-refractivity contribution in [3.63, 3.8) is 0 Å². The summed E-state index contributed by atoms with van der Waals surface area (Å²) in [5, 5.41) is 11.9. The average molecular weight is 374 g/mol. The van der Waals surface area contributed by atoms with Crippen LogP contribution in [-0.4, -0.2) is 78.6 Å². The lowest BCUT2D eigenvalue weighted by molar-refractivity contribution is 0.00991. The van der Waals surface area contributed by atoms with Crippen LogP contribution in [0.1, 0.15) is 25.1 Å². The molecule has 1 aliphatic rings. The molecule has 0 aliphatic carbocycles. The maximum absolute atomic E-state index is 5.93. The molecular weight excluding hydrogens is 344 g/mol. The lowest BCUT2D eigenvalue weighted by Crippen LogP contribution is -2.47. The number of piperidine rings is 1. The first-order valence-corrected chi connectivity index (χ1v) is 9.66. The number of pyridine rings is 1. The first kappa shape index (κ1) is 19.6. The summed E-state index contributed by atoms with van der Waals surface area (Å²) in [4.78, 5) is 6.74. The molecule has 1 aliphatic heterocycles. The van der Waals surface area contributed by atoms with Crippen molar-refractivity contribution < 1.29 is 9.47 Å². The summed E-state index contributed by atoms with van der Waals surface area (Å²) >= 11 is 0. The monoisotopic (exact) mass is 374 g/mol. The molecule has 0 bridgehead atoms. The van der Waals surface area contributed by atoms with Gasteiger partial charge in [0.2, 0.25) is 0 Å². The van der Waals surface area contributed by atoms with Crippen LogP contribution >= 0.6 is 0 Å². The average Bonchev–Trinajstić information content (AvgIpc) is 3.12. The fraction of sp³-hybridized carbons (Fsp3) is 0.632. The Morgan fingerprint density at radius 1 is 1.26 bits per heavy atom. The molecule has 2 aromatic rings. The van der Waals surface area contributed by atoms with E-state index in [2.05, 4.69) is 25.4 Å². The Balaban J connectivity index is 1.41. The first-order chi connectivity index (χ1) is 13.3. The first-order valence-electron chi connectivity index (χ1n) is 9.66. The molecule has 1 fully saturated rings. The molecule has 0 spiro atoms. The number of rotatable bonds is 8. The Morgan fingerprint density at radius 2 is 2.11 bits per heavy atom. The van der Waals surface area contributed by atoms with Crippen molar-refractivity contribution in [2.45, 2.75) is 31.8 Å². The van der Waals surface area contributed by atoms with Crippen molar-refractivity contribution in [3.8, 4) is 0 Å². The zero-order valence-electron chi connectivity index (χ0n) is 16.3. The molecular formula is C19H30N6O2. The number of fused-ring (bicyclic) bond motifs is 1. The Kier molecular flexibility index (Phi) is 7.41. The predicted molar refractivity (Wildman–Crippen MR) is 105 cm³/mol. The fourth-order valence-electron chi connectivity index (χ4n) is 3.37. The van der Waals surface area contributed by atoms with Crippen LogP contribution in [0.5, 0.6) is 0 Å². The van der Waals surface area contributed by atoms with E-state index in [9.17, 15) is 0 Å². The van der Waals surface area contributed by atoms with Crippen LogP contribution in [0.2, 0.25) is 0 Å². The van der Waals surface area contributed by atoms with Gasteiger partial charge in [-0.2, -0.15) is 0 Å². The Hall–Kier alpha value is -2.19. The fourth-order valence-corrected chi connectivity index (χ4v) is 3.37. The number of guanidine groups is 1. The molecule has 0 radical (unpaired) electrons. The van der Waals surface area contributed by atoms with E-state index in [1.165, 1.54) is 0 Å². The van der Waals surface area contributed by atoms with Gasteiger partial charge in [0.05, 0.1) is 6.10 Å². The SMILES string of the molecule is CN=C(NCCc1nnc2ccccn12)N1CCC(OCCCOC)CC1. The van der Waals surface area contributed by atoms with Gasteiger partial charge >= 0.3 is 0 Å². The quantitative estimate of drug-likeness (QED) is 0.427. The number of methoxy groups -OCH3 is 1. The van der Waals surface area contributed by atoms with Crippen molar-refractivity contribution in [3.05, 3.63) is 30.2 Å². The van der Waals surface area contributed by atoms with Gasteiger partial charge in [-0.15, -0.1) is 10.2 Å². The summed E-state index contributed by atoms with van der Waals surface area (Å²) in [6.07, 6.45) is 6.15. The molecule has 27 heavy (non-hydrogen) atoms. The number of likely N-dealkylation sites (tertiary alicyclic amines) is 1. The van der Waals surface area contributed by atoms with E-state index in [-0.39, 0.29) is 0 Å². The molecule has 8 heteroatoms. The molecule has 1 saturated heterocycles. The normalized spacial score (nSPS) is 16.2. The maximum Gasteiger partial charge on any atom is 0.193 e. The zero-order valence-corrected chi connectivity index (χ0v) is 16.3. The third-order valence-electron chi connectivity index (χ3n) is 4.82. The van der Waals surface area contributed by atoms with Crippen LogP contribution in [0.4, 0.5) is 0 Å². The third kappa shape index (κ3) is 5.40. The lowest BCUT2D eigenvalue weighted by Gasteiger charge is -2.34. The van der Waals surface area contributed by atoms with Crippen molar-refractivity contribution in [2.24, 2.45) is 4.99 Å². The Bertz CT molecular complexity index is 724. The molecule has 0 saturated carbocycles. The summed E-state index contributed by atoms with van der Waals surface area (Å²) in [6, 6.07) is 5.93. The van der Waals surface area contributed by atoms with Gasteiger partial charge < -0.3 is 19.7 Å². The second-order valence-electron chi connectivity index (χ2n) is 6.67. The van der Waals surface area contributed by atoms with Crippen molar-refractivity contribution >= 4 is 11.6 Å². The number of aliphatic imine (C=N–C) groups is 1.